The Morgan fingerprint density at radius 1 is 1.50 bits per heavy atom. The van der Waals surface area contributed by atoms with E-state index in [1.54, 1.807) is 12.1 Å². The Kier molecular flexibility index (Phi) is 3.72. The normalized spacial score (nSPS) is 11.5. The first-order chi connectivity index (χ1) is 6.38. The first kappa shape index (κ1) is 11.7. The van der Waals surface area contributed by atoms with Crippen LogP contribution in [0, 0.1) is 0 Å². The van der Waals surface area contributed by atoms with E-state index < -0.39 is 12.5 Å². The predicted molar refractivity (Wildman–Crippen MR) is 55.3 cm³/mol. The summed E-state index contributed by atoms with van der Waals surface area (Å²) in [6.07, 6.45) is 0. The van der Waals surface area contributed by atoms with Gasteiger partial charge < -0.3 is 4.74 Å². The second-order valence-electron chi connectivity index (χ2n) is 2.93. The summed E-state index contributed by atoms with van der Waals surface area (Å²) in [6, 6.07) is 4.71. The van der Waals surface area contributed by atoms with Gasteiger partial charge in [-0.15, -0.1) is 0 Å². The van der Waals surface area contributed by atoms with Crippen LogP contribution in [-0.4, -0.2) is 12.5 Å². The molecule has 0 bridgehead atoms. The van der Waals surface area contributed by atoms with E-state index in [1.807, 2.05) is 0 Å². The molecule has 0 saturated heterocycles. The molecule has 14 heavy (non-hydrogen) atoms. The second kappa shape index (κ2) is 4.45. The number of hydrogen-bond acceptors (Lipinski definition) is 1. The minimum atomic E-state index is -2.83. The van der Waals surface area contributed by atoms with Gasteiger partial charge in [-0.1, -0.05) is 11.6 Å². The molecule has 0 aliphatic carbocycles. The van der Waals surface area contributed by atoms with E-state index >= 15 is 0 Å². The quantitative estimate of drug-likeness (QED) is 0.811. The van der Waals surface area contributed by atoms with Crippen molar-refractivity contribution >= 4 is 27.5 Å². The summed E-state index contributed by atoms with van der Waals surface area (Å²) in [4.78, 5) is 0. The van der Waals surface area contributed by atoms with Crippen molar-refractivity contribution in [3.8, 4) is 5.75 Å². The number of halogens is 4. The molecule has 0 spiro atoms. The van der Waals surface area contributed by atoms with Gasteiger partial charge in [-0.2, -0.15) is 0 Å². The average molecular weight is 286 g/mol. The van der Waals surface area contributed by atoms with Crippen LogP contribution in [0.4, 0.5) is 8.78 Å². The molecule has 1 rings (SSSR count). The van der Waals surface area contributed by atoms with Crippen LogP contribution in [0.15, 0.2) is 22.7 Å². The maximum Gasteiger partial charge on any atom is 0.278 e. The van der Waals surface area contributed by atoms with E-state index in [9.17, 15) is 8.78 Å². The molecule has 0 aliphatic heterocycles. The van der Waals surface area contributed by atoms with Gasteiger partial charge in [0.2, 0.25) is 0 Å². The lowest BCUT2D eigenvalue weighted by Crippen LogP contribution is -2.20. The van der Waals surface area contributed by atoms with Crippen molar-refractivity contribution in [3.05, 3.63) is 27.7 Å². The fraction of sp³-hybridized carbons (Fsp3) is 0.333. The number of rotatable bonds is 3. The van der Waals surface area contributed by atoms with Crippen LogP contribution in [0.1, 0.15) is 6.92 Å². The minimum Gasteiger partial charge on any atom is -0.486 e. The zero-order valence-electron chi connectivity index (χ0n) is 7.36. The van der Waals surface area contributed by atoms with Crippen LogP contribution in [0.5, 0.6) is 5.75 Å². The van der Waals surface area contributed by atoms with Crippen LogP contribution >= 0.6 is 27.5 Å². The number of hydrogen-bond donors (Lipinski definition) is 0. The van der Waals surface area contributed by atoms with E-state index in [4.69, 9.17) is 16.3 Å². The molecule has 0 fully saturated rings. The monoisotopic (exact) mass is 284 g/mol. The highest BCUT2D eigenvalue weighted by Crippen LogP contribution is 2.29. The van der Waals surface area contributed by atoms with Crippen molar-refractivity contribution < 1.29 is 13.5 Å². The van der Waals surface area contributed by atoms with Crippen molar-refractivity contribution in [2.75, 3.05) is 6.61 Å². The Morgan fingerprint density at radius 2 is 2.14 bits per heavy atom. The zero-order chi connectivity index (χ0) is 10.8. The summed E-state index contributed by atoms with van der Waals surface area (Å²) < 4.78 is 30.4. The molecule has 0 amide bonds. The van der Waals surface area contributed by atoms with Gasteiger partial charge >= 0.3 is 0 Å². The lowest BCUT2D eigenvalue weighted by Gasteiger charge is -2.12. The van der Waals surface area contributed by atoms with Crippen LogP contribution in [0.3, 0.4) is 0 Å². The SMILES string of the molecule is CC(F)(F)COc1ccc(Cl)cc1Br. The average Bonchev–Trinajstić information content (AvgIpc) is 2.00. The van der Waals surface area contributed by atoms with Crippen molar-refractivity contribution in [2.24, 2.45) is 0 Å². The third kappa shape index (κ3) is 3.80. The lowest BCUT2D eigenvalue weighted by molar-refractivity contribution is -0.0231. The Balaban J connectivity index is 2.68. The van der Waals surface area contributed by atoms with Gasteiger partial charge in [0.05, 0.1) is 4.47 Å². The molecule has 78 valence electrons. The summed E-state index contributed by atoms with van der Waals surface area (Å²) in [6.45, 7) is 0.157. The van der Waals surface area contributed by atoms with Crippen molar-refractivity contribution in [1.29, 1.82) is 0 Å². The van der Waals surface area contributed by atoms with Crippen molar-refractivity contribution in [2.45, 2.75) is 12.8 Å². The molecule has 0 unspecified atom stereocenters. The summed E-state index contributed by atoms with van der Waals surface area (Å²) in [5.41, 5.74) is 0. The third-order valence-corrected chi connectivity index (χ3v) is 2.23. The van der Waals surface area contributed by atoms with Gasteiger partial charge in [0.1, 0.15) is 5.75 Å². The molecular formula is C9H8BrClF2O. The van der Waals surface area contributed by atoms with Gasteiger partial charge in [-0.25, -0.2) is 8.78 Å². The molecule has 0 radical (unpaired) electrons. The highest BCUT2D eigenvalue weighted by atomic mass is 79.9. The van der Waals surface area contributed by atoms with Gasteiger partial charge in [-0.3, -0.25) is 0 Å². The Morgan fingerprint density at radius 3 is 2.64 bits per heavy atom. The predicted octanol–water partition coefficient (Wildman–Crippen LogP) is 4.14. The van der Waals surface area contributed by atoms with Crippen molar-refractivity contribution in [3.63, 3.8) is 0 Å². The number of alkyl halides is 2. The highest BCUT2D eigenvalue weighted by Gasteiger charge is 2.22. The molecule has 1 nitrogen and oxygen atoms in total. The molecule has 0 N–H and O–H groups in total. The van der Waals surface area contributed by atoms with Gasteiger partial charge in [0.25, 0.3) is 5.92 Å². The standard InChI is InChI=1S/C9H8BrClF2O/c1-9(12,13)5-14-8-3-2-6(11)4-7(8)10/h2-4H,5H2,1H3. The number of benzene rings is 1. The van der Waals surface area contributed by atoms with E-state index in [2.05, 4.69) is 15.9 Å². The topological polar surface area (TPSA) is 9.23 Å². The molecule has 1 aromatic rings. The van der Waals surface area contributed by atoms with E-state index in [-0.39, 0.29) is 0 Å². The van der Waals surface area contributed by atoms with E-state index in [0.29, 0.717) is 15.2 Å². The summed E-state index contributed by atoms with van der Waals surface area (Å²) in [5, 5.41) is 0.521. The Hall–Kier alpha value is -0.350. The van der Waals surface area contributed by atoms with Crippen LogP contribution in [-0.2, 0) is 0 Å². The molecule has 0 atom stereocenters. The first-order valence-corrected chi connectivity index (χ1v) is 5.01. The van der Waals surface area contributed by atoms with Crippen molar-refractivity contribution in [1.82, 2.24) is 0 Å². The molecule has 0 aromatic heterocycles. The molecule has 5 heteroatoms. The highest BCUT2D eigenvalue weighted by molar-refractivity contribution is 9.10. The smallest absolute Gasteiger partial charge is 0.278 e. The molecule has 1 aromatic carbocycles. The van der Waals surface area contributed by atoms with E-state index in [0.717, 1.165) is 6.92 Å². The fourth-order valence-corrected chi connectivity index (χ4v) is 1.59. The number of ether oxygens (including phenoxy) is 1. The summed E-state index contributed by atoms with van der Waals surface area (Å²) >= 11 is 8.83. The van der Waals surface area contributed by atoms with Gasteiger partial charge in [-0.05, 0) is 34.1 Å². The fourth-order valence-electron chi connectivity index (χ4n) is 0.797. The molecule has 0 heterocycles. The lowest BCUT2D eigenvalue weighted by atomic mass is 10.3. The summed E-state index contributed by atoms with van der Waals surface area (Å²) in [7, 11) is 0. The minimum absolute atomic E-state index is 0.357. The molecule has 0 aliphatic rings. The van der Waals surface area contributed by atoms with E-state index in [1.165, 1.54) is 6.07 Å². The zero-order valence-corrected chi connectivity index (χ0v) is 9.70. The van der Waals surface area contributed by atoms with Gasteiger partial charge in [0, 0.05) is 11.9 Å². The van der Waals surface area contributed by atoms with Crippen LogP contribution in [0.25, 0.3) is 0 Å². The first-order valence-electron chi connectivity index (χ1n) is 3.84. The Labute approximate surface area is 94.1 Å². The van der Waals surface area contributed by atoms with Crippen LogP contribution < -0.4 is 4.74 Å². The molecular weight excluding hydrogens is 277 g/mol. The summed E-state index contributed by atoms with van der Waals surface area (Å²) in [5.74, 6) is -2.48. The molecule has 0 saturated carbocycles. The largest absolute Gasteiger partial charge is 0.486 e. The second-order valence-corrected chi connectivity index (χ2v) is 4.22. The third-order valence-electron chi connectivity index (χ3n) is 1.38. The van der Waals surface area contributed by atoms with Gasteiger partial charge in [0.15, 0.2) is 6.61 Å². The Bertz CT molecular complexity index is 325. The van der Waals surface area contributed by atoms with Crippen LogP contribution in [0.2, 0.25) is 5.02 Å². The maximum atomic E-state index is 12.5. The maximum absolute atomic E-state index is 12.5.